The summed E-state index contributed by atoms with van der Waals surface area (Å²) < 4.78 is 40.4. The van der Waals surface area contributed by atoms with Crippen molar-refractivity contribution >= 4 is 40.2 Å². The Hall–Kier alpha value is -4.65. The number of nitrogens with zero attached hydrogens (tertiary/aromatic N) is 3. The van der Waals surface area contributed by atoms with E-state index in [9.17, 15) is 22.8 Å². The molecule has 13 heteroatoms. The van der Waals surface area contributed by atoms with E-state index in [1.165, 1.54) is 12.1 Å². The van der Waals surface area contributed by atoms with E-state index in [-0.39, 0.29) is 30.6 Å². The van der Waals surface area contributed by atoms with Crippen LogP contribution in [-0.4, -0.2) is 45.0 Å². The second kappa shape index (κ2) is 10.2. The molecule has 1 fully saturated rings. The normalized spacial score (nSPS) is 14.1. The zero-order chi connectivity index (χ0) is 28.7. The van der Waals surface area contributed by atoms with E-state index in [4.69, 9.17) is 15.8 Å². The molecule has 3 amide bonds. The average molecular weight is 554 g/mol. The van der Waals surface area contributed by atoms with E-state index in [2.05, 4.69) is 21.0 Å². The summed E-state index contributed by atoms with van der Waals surface area (Å²) in [6, 6.07) is 12.2. The minimum atomic E-state index is -4.53. The van der Waals surface area contributed by atoms with Gasteiger partial charge in [-0.1, -0.05) is 18.2 Å². The van der Waals surface area contributed by atoms with Crippen LogP contribution in [0.15, 0.2) is 54.6 Å². The average Bonchev–Trinajstić information content (AvgIpc) is 3.68. The van der Waals surface area contributed by atoms with Gasteiger partial charge in [0.15, 0.2) is 11.5 Å². The molecule has 0 spiro atoms. The molecule has 0 saturated heterocycles. The zero-order valence-corrected chi connectivity index (χ0v) is 21.3. The Bertz CT molecular complexity index is 1600. The fourth-order valence-corrected chi connectivity index (χ4v) is 4.61. The molecule has 1 aliphatic carbocycles. The number of halogens is 3. The Morgan fingerprint density at radius 3 is 2.42 bits per heavy atom. The van der Waals surface area contributed by atoms with Gasteiger partial charge in [0, 0.05) is 25.0 Å². The molecule has 1 saturated carbocycles. The van der Waals surface area contributed by atoms with Crippen LogP contribution in [0.3, 0.4) is 0 Å². The lowest BCUT2D eigenvalue weighted by atomic mass is 9.95. The van der Waals surface area contributed by atoms with Crippen molar-refractivity contribution in [2.24, 2.45) is 7.05 Å². The minimum absolute atomic E-state index is 0.000245. The van der Waals surface area contributed by atoms with E-state index in [1.807, 2.05) is 6.07 Å². The lowest BCUT2D eigenvalue weighted by Crippen LogP contribution is -2.36. The number of fused-ring (bicyclic) bond motifs is 1. The first-order chi connectivity index (χ1) is 19.0. The van der Waals surface area contributed by atoms with Gasteiger partial charge in [0.2, 0.25) is 5.91 Å². The number of anilines is 3. The van der Waals surface area contributed by atoms with Crippen LogP contribution in [-0.2, 0) is 23.4 Å². The Labute approximate surface area is 226 Å². The monoisotopic (exact) mass is 553 g/mol. The minimum Gasteiger partial charge on any atom is -0.395 e. The van der Waals surface area contributed by atoms with E-state index < -0.39 is 23.2 Å². The van der Waals surface area contributed by atoms with Crippen molar-refractivity contribution in [1.29, 1.82) is 0 Å². The molecule has 5 rings (SSSR count). The number of hydrogen-bond donors (Lipinski definition) is 5. The van der Waals surface area contributed by atoms with Gasteiger partial charge in [-0.25, -0.2) is 14.5 Å². The lowest BCUT2D eigenvalue weighted by molar-refractivity contribution is -0.137. The largest absolute Gasteiger partial charge is 0.416 e. The Morgan fingerprint density at radius 1 is 1.07 bits per heavy atom. The number of urea groups is 1. The van der Waals surface area contributed by atoms with Crippen molar-refractivity contribution in [3.8, 4) is 11.1 Å². The third-order valence-electron chi connectivity index (χ3n) is 6.79. The summed E-state index contributed by atoms with van der Waals surface area (Å²) in [6.07, 6.45) is -3.30. The van der Waals surface area contributed by atoms with Gasteiger partial charge in [-0.15, -0.1) is 0 Å². The Balaban J connectivity index is 1.41. The highest BCUT2D eigenvalue weighted by atomic mass is 19.4. The summed E-state index contributed by atoms with van der Waals surface area (Å²) >= 11 is 0. The van der Waals surface area contributed by atoms with Gasteiger partial charge in [-0.3, -0.25) is 4.79 Å². The van der Waals surface area contributed by atoms with Crippen LogP contribution in [0.4, 0.5) is 35.2 Å². The maximum absolute atomic E-state index is 13.0. The maximum atomic E-state index is 13.0. The molecule has 4 aromatic rings. The van der Waals surface area contributed by atoms with Crippen molar-refractivity contribution in [1.82, 2.24) is 20.1 Å². The van der Waals surface area contributed by atoms with Crippen molar-refractivity contribution in [2.75, 3.05) is 29.5 Å². The van der Waals surface area contributed by atoms with Crippen LogP contribution in [0.25, 0.3) is 22.2 Å². The smallest absolute Gasteiger partial charge is 0.395 e. The summed E-state index contributed by atoms with van der Waals surface area (Å²) in [6.45, 7) is -0.0275. The molecule has 0 aliphatic heterocycles. The number of nitrogen functional groups attached to an aromatic ring is 1. The summed E-state index contributed by atoms with van der Waals surface area (Å²) in [7, 11) is 1.71. The molecule has 2 aromatic carbocycles. The third-order valence-corrected chi connectivity index (χ3v) is 6.79. The number of alkyl halides is 3. The molecule has 10 nitrogen and oxygen atoms in total. The molecule has 0 radical (unpaired) electrons. The molecule has 208 valence electrons. The number of amides is 3. The highest BCUT2D eigenvalue weighted by molar-refractivity contribution is 6.03. The first-order valence-electron chi connectivity index (χ1n) is 12.4. The van der Waals surface area contributed by atoms with Gasteiger partial charge in [0.25, 0.3) is 0 Å². The number of carbonyl (C=O) groups excluding carboxylic acids is 2. The molecule has 40 heavy (non-hydrogen) atoms. The lowest BCUT2D eigenvalue weighted by Gasteiger charge is -2.17. The fourth-order valence-electron chi connectivity index (χ4n) is 4.61. The number of carbonyl (C=O) groups is 2. The summed E-state index contributed by atoms with van der Waals surface area (Å²) in [5, 5.41) is 21.8. The van der Waals surface area contributed by atoms with Gasteiger partial charge in [0.1, 0.15) is 0 Å². The third kappa shape index (κ3) is 5.15. The van der Waals surface area contributed by atoms with Crippen molar-refractivity contribution in [2.45, 2.75) is 24.4 Å². The summed E-state index contributed by atoms with van der Waals surface area (Å²) in [5.74, 6) is 0.0598. The SMILES string of the molecule is Cn1nc(N)c2c(-c3ccc(NC(=O)Nc4cccc(C(F)(F)F)c4)cc3)cc(C3(C(=O)NCCO)CC3)nc21. The number of benzene rings is 2. The predicted octanol–water partition coefficient (Wildman–Crippen LogP) is 4.02. The van der Waals surface area contributed by atoms with Crippen LogP contribution < -0.4 is 21.7 Å². The standard InChI is InChI=1S/C27H26F3N7O3/c1-37-23-21(22(31)36-37)19(14-20(35-23)26(9-10-26)24(39)32-11-12-38)15-5-7-17(8-6-15)33-25(40)34-18-4-2-3-16(13-18)27(28,29)30/h2-8,13-14,38H,9-12H2,1H3,(H2,31,36)(H,32,39)(H2,33,34,40). The zero-order valence-electron chi connectivity index (χ0n) is 21.3. The number of pyridine rings is 1. The molecule has 1 aliphatic rings. The number of aliphatic hydroxyl groups excluding tert-OH is 1. The van der Waals surface area contributed by atoms with E-state index in [1.54, 1.807) is 36.0 Å². The number of rotatable bonds is 7. The van der Waals surface area contributed by atoms with Crippen LogP contribution >= 0.6 is 0 Å². The van der Waals surface area contributed by atoms with Crippen molar-refractivity contribution < 1.29 is 27.9 Å². The quantitative estimate of drug-likeness (QED) is 0.234. The van der Waals surface area contributed by atoms with Gasteiger partial charge in [0.05, 0.1) is 28.7 Å². The van der Waals surface area contributed by atoms with Crippen molar-refractivity contribution in [3.63, 3.8) is 0 Å². The molecular formula is C27H26F3N7O3. The van der Waals surface area contributed by atoms with Crippen LogP contribution in [0.2, 0.25) is 0 Å². The number of nitrogens with two attached hydrogens (primary N) is 1. The van der Waals surface area contributed by atoms with Crippen molar-refractivity contribution in [3.05, 3.63) is 65.9 Å². The first kappa shape index (κ1) is 26.9. The second-order valence-corrected chi connectivity index (χ2v) is 9.56. The molecule has 2 aromatic heterocycles. The Kier molecular flexibility index (Phi) is 6.84. The first-order valence-corrected chi connectivity index (χ1v) is 12.4. The number of nitrogens with one attached hydrogen (secondary N) is 3. The maximum Gasteiger partial charge on any atom is 0.416 e. The van der Waals surface area contributed by atoms with Crippen LogP contribution in [0.1, 0.15) is 24.1 Å². The predicted molar refractivity (Wildman–Crippen MR) is 143 cm³/mol. The molecular weight excluding hydrogens is 527 g/mol. The molecule has 6 N–H and O–H groups in total. The highest BCUT2D eigenvalue weighted by Crippen LogP contribution is 2.49. The van der Waals surface area contributed by atoms with Gasteiger partial charge in [-0.05, 0) is 60.4 Å². The van der Waals surface area contributed by atoms with Crippen LogP contribution in [0, 0.1) is 0 Å². The van der Waals surface area contributed by atoms with Gasteiger partial charge in [-0.2, -0.15) is 18.3 Å². The van der Waals surface area contributed by atoms with Gasteiger partial charge >= 0.3 is 12.2 Å². The van der Waals surface area contributed by atoms with E-state index in [0.717, 1.165) is 17.7 Å². The fraction of sp³-hybridized carbons (Fsp3) is 0.259. The molecule has 0 bridgehead atoms. The number of aryl methyl sites for hydroxylation is 1. The van der Waals surface area contributed by atoms with E-state index >= 15 is 0 Å². The number of hydrogen-bond acceptors (Lipinski definition) is 6. The molecule has 0 atom stereocenters. The van der Waals surface area contributed by atoms with Crippen LogP contribution in [0.5, 0.6) is 0 Å². The number of aromatic nitrogens is 3. The molecule has 0 unspecified atom stereocenters. The number of aliphatic hydroxyl groups is 1. The highest BCUT2D eigenvalue weighted by Gasteiger charge is 2.53. The van der Waals surface area contributed by atoms with E-state index in [0.29, 0.717) is 40.8 Å². The summed E-state index contributed by atoms with van der Waals surface area (Å²) in [4.78, 5) is 30.0. The second-order valence-electron chi connectivity index (χ2n) is 9.56. The Morgan fingerprint density at radius 2 is 1.77 bits per heavy atom. The topological polar surface area (TPSA) is 147 Å². The van der Waals surface area contributed by atoms with Gasteiger partial charge < -0.3 is 26.8 Å². The molecule has 2 heterocycles. The summed E-state index contributed by atoms with van der Waals surface area (Å²) in [5.41, 5.74) is 7.44.